The van der Waals surface area contributed by atoms with Crippen LogP contribution in [-0.2, 0) is 4.74 Å². The summed E-state index contributed by atoms with van der Waals surface area (Å²) in [4.78, 5) is 15.8. The molecule has 1 heterocycles. The lowest BCUT2D eigenvalue weighted by atomic mass is 10.0. The number of carbonyl (C=O) groups is 1. The van der Waals surface area contributed by atoms with E-state index >= 15 is 0 Å². The number of rotatable bonds is 4. The molecule has 0 radical (unpaired) electrons. The van der Waals surface area contributed by atoms with Crippen LogP contribution in [0.5, 0.6) is 0 Å². The van der Waals surface area contributed by atoms with Gasteiger partial charge in [0, 0.05) is 24.8 Å². The Morgan fingerprint density at radius 2 is 2.44 bits per heavy atom. The zero-order valence-corrected chi connectivity index (χ0v) is 10.4. The van der Waals surface area contributed by atoms with Crippen molar-refractivity contribution >= 4 is 11.8 Å². The normalized spacial score (nSPS) is 22.8. The highest BCUT2D eigenvalue weighted by Crippen LogP contribution is 2.28. The van der Waals surface area contributed by atoms with Crippen LogP contribution in [0.15, 0.2) is 18.3 Å². The van der Waals surface area contributed by atoms with Crippen LogP contribution in [0.3, 0.4) is 0 Å². The molecule has 2 N–H and O–H groups in total. The van der Waals surface area contributed by atoms with E-state index in [1.54, 1.807) is 18.3 Å². The molecule has 18 heavy (non-hydrogen) atoms. The predicted molar refractivity (Wildman–Crippen MR) is 67.4 cm³/mol. The molecule has 5 heteroatoms. The average Bonchev–Trinajstić information content (AvgIpc) is 2.86. The van der Waals surface area contributed by atoms with Gasteiger partial charge in [0.15, 0.2) is 0 Å². The van der Waals surface area contributed by atoms with Crippen molar-refractivity contribution in [1.82, 2.24) is 4.98 Å². The van der Waals surface area contributed by atoms with Crippen LogP contribution in [0.4, 0.5) is 5.82 Å². The number of hydrogen-bond donors (Lipinski definition) is 2. The maximum Gasteiger partial charge on any atom is 0.341 e. The molecule has 1 aromatic rings. The summed E-state index contributed by atoms with van der Waals surface area (Å²) in [7, 11) is 1.35. The maximum absolute atomic E-state index is 11.6. The lowest BCUT2D eigenvalue weighted by Crippen LogP contribution is -2.27. The van der Waals surface area contributed by atoms with E-state index in [4.69, 9.17) is 4.74 Å². The van der Waals surface area contributed by atoms with Gasteiger partial charge in [-0.25, -0.2) is 9.78 Å². The fourth-order valence-electron chi connectivity index (χ4n) is 2.42. The van der Waals surface area contributed by atoms with Crippen molar-refractivity contribution in [2.45, 2.75) is 25.3 Å². The third kappa shape index (κ3) is 2.61. The van der Waals surface area contributed by atoms with Gasteiger partial charge in [0.05, 0.1) is 7.11 Å². The second-order valence-electron chi connectivity index (χ2n) is 4.52. The number of hydrogen-bond acceptors (Lipinski definition) is 5. The first-order valence-corrected chi connectivity index (χ1v) is 6.17. The molecule has 5 nitrogen and oxygen atoms in total. The van der Waals surface area contributed by atoms with E-state index in [0.717, 1.165) is 19.3 Å². The summed E-state index contributed by atoms with van der Waals surface area (Å²) in [5, 5.41) is 12.5. The zero-order valence-electron chi connectivity index (χ0n) is 10.4. The summed E-state index contributed by atoms with van der Waals surface area (Å²) in [6.45, 7) is 0.165. The Morgan fingerprint density at radius 1 is 1.61 bits per heavy atom. The molecule has 1 aliphatic carbocycles. The monoisotopic (exact) mass is 250 g/mol. The number of pyridine rings is 1. The van der Waals surface area contributed by atoms with Gasteiger partial charge < -0.3 is 15.2 Å². The first-order chi connectivity index (χ1) is 8.76. The van der Waals surface area contributed by atoms with E-state index in [9.17, 15) is 9.90 Å². The molecule has 1 aliphatic rings. The first-order valence-electron chi connectivity index (χ1n) is 6.17. The highest BCUT2D eigenvalue weighted by atomic mass is 16.5. The number of ether oxygens (including phenoxy) is 1. The van der Waals surface area contributed by atoms with Gasteiger partial charge in [-0.2, -0.15) is 0 Å². The van der Waals surface area contributed by atoms with Gasteiger partial charge in [0.2, 0.25) is 0 Å². The van der Waals surface area contributed by atoms with Crippen molar-refractivity contribution in [3.8, 4) is 0 Å². The highest BCUT2D eigenvalue weighted by Gasteiger charge is 2.27. The summed E-state index contributed by atoms with van der Waals surface area (Å²) in [6.07, 6.45) is 4.72. The summed E-state index contributed by atoms with van der Waals surface area (Å²) < 4.78 is 4.73. The smallest absolute Gasteiger partial charge is 0.341 e. The van der Waals surface area contributed by atoms with Gasteiger partial charge in [-0.15, -0.1) is 0 Å². The molecule has 0 spiro atoms. The molecule has 1 fully saturated rings. The third-order valence-electron chi connectivity index (χ3n) is 3.43. The van der Waals surface area contributed by atoms with Crippen LogP contribution in [0.1, 0.15) is 29.6 Å². The van der Waals surface area contributed by atoms with Crippen molar-refractivity contribution in [3.05, 3.63) is 23.9 Å². The number of aromatic nitrogens is 1. The molecule has 1 saturated carbocycles. The van der Waals surface area contributed by atoms with Gasteiger partial charge >= 0.3 is 5.97 Å². The summed E-state index contributed by atoms with van der Waals surface area (Å²) >= 11 is 0. The summed E-state index contributed by atoms with van der Waals surface area (Å²) in [5.74, 6) is 0.372. The molecule has 0 saturated heterocycles. The van der Waals surface area contributed by atoms with Crippen LogP contribution in [0.25, 0.3) is 0 Å². The van der Waals surface area contributed by atoms with Gasteiger partial charge in [0.1, 0.15) is 11.4 Å². The van der Waals surface area contributed by atoms with E-state index in [1.165, 1.54) is 7.11 Å². The predicted octanol–water partition coefficient (Wildman–Crippen LogP) is 1.44. The second-order valence-corrected chi connectivity index (χ2v) is 4.52. The first kappa shape index (κ1) is 12.8. The minimum absolute atomic E-state index is 0.165. The van der Waals surface area contributed by atoms with Crippen molar-refractivity contribution in [3.63, 3.8) is 0 Å². The molecule has 0 aromatic carbocycles. The molecule has 0 bridgehead atoms. The number of anilines is 1. The fraction of sp³-hybridized carbons (Fsp3) is 0.538. The molecule has 1 aromatic heterocycles. The van der Waals surface area contributed by atoms with Gasteiger partial charge in [-0.05, 0) is 25.0 Å². The Morgan fingerprint density at radius 3 is 3.17 bits per heavy atom. The lowest BCUT2D eigenvalue weighted by Gasteiger charge is -2.20. The number of nitrogens with one attached hydrogen (secondary N) is 1. The van der Waals surface area contributed by atoms with E-state index in [1.807, 2.05) is 0 Å². The van der Waals surface area contributed by atoms with Crippen LogP contribution in [0, 0.1) is 5.92 Å². The lowest BCUT2D eigenvalue weighted by molar-refractivity contribution is 0.0601. The van der Waals surface area contributed by atoms with Crippen LogP contribution < -0.4 is 5.32 Å². The van der Waals surface area contributed by atoms with E-state index < -0.39 is 5.97 Å². The number of esters is 1. The largest absolute Gasteiger partial charge is 0.465 e. The molecule has 2 rings (SSSR count). The van der Waals surface area contributed by atoms with Gasteiger partial charge in [-0.3, -0.25) is 0 Å². The minimum atomic E-state index is -0.399. The van der Waals surface area contributed by atoms with Crippen LogP contribution in [0.2, 0.25) is 0 Å². The fourth-order valence-corrected chi connectivity index (χ4v) is 2.42. The van der Waals surface area contributed by atoms with Gasteiger partial charge in [-0.1, -0.05) is 6.42 Å². The van der Waals surface area contributed by atoms with E-state index in [2.05, 4.69) is 10.3 Å². The number of nitrogens with zero attached hydrogens (tertiary/aromatic N) is 1. The van der Waals surface area contributed by atoms with E-state index in [-0.39, 0.29) is 18.6 Å². The van der Waals surface area contributed by atoms with Gasteiger partial charge in [0.25, 0.3) is 0 Å². The number of aliphatic hydroxyl groups is 1. The Labute approximate surface area is 106 Å². The minimum Gasteiger partial charge on any atom is -0.465 e. The van der Waals surface area contributed by atoms with Crippen molar-refractivity contribution in [2.24, 2.45) is 5.92 Å². The highest BCUT2D eigenvalue weighted by molar-refractivity contribution is 5.94. The quantitative estimate of drug-likeness (QED) is 0.791. The molecular weight excluding hydrogens is 232 g/mol. The Hall–Kier alpha value is -1.62. The Bertz CT molecular complexity index is 422. The van der Waals surface area contributed by atoms with Crippen molar-refractivity contribution < 1.29 is 14.6 Å². The molecule has 2 atom stereocenters. The standard InChI is InChI=1S/C13H18N2O3/c1-18-13(17)10-5-3-7-14-12(10)15-11-6-2-4-9(11)8-16/h3,5,7,9,11,16H,2,4,6,8H2,1H3,(H,14,15). The van der Waals surface area contributed by atoms with Crippen molar-refractivity contribution in [2.75, 3.05) is 19.0 Å². The number of carbonyl (C=O) groups excluding carboxylic acids is 1. The van der Waals surface area contributed by atoms with Crippen LogP contribution >= 0.6 is 0 Å². The Kier molecular flexibility index (Phi) is 4.15. The average molecular weight is 250 g/mol. The summed E-state index contributed by atoms with van der Waals surface area (Å²) in [5.41, 5.74) is 0.434. The molecule has 0 aliphatic heterocycles. The third-order valence-corrected chi connectivity index (χ3v) is 3.43. The van der Waals surface area contributed by atoms with Crippen molar-refractivity contribution in [1.29, 1.82) is 0 Å². The topological polar surface area (TPSA) is 71.5 Å². The second kappa shape index (κ2) is 5.82. The SMILES string of the molecule is COC(=O)c1cccnc1NC1CCCC1CO. The molecule has 2 unspecified atom stereocenters. The summed E-state index contributed by atoms with van der Waals surface area (Å²) in [6, 6.07) is 3.56. The maximum atomic E-state index is 11.6. The number of methoxy groups -OCH3 is 1. The number of aliphatic hydroxyl groups excluding tert-OH is 1. The molecular formula is C13H18N2O3. The van der Waals surface area contributed by atoms with Crippen LogP contribution in [-0.4, -0.2) is 35.8 Å². The Balaban J connectivity index is 2.16. The molecule has 0 amide bonds. The molecule has 98 valence electrons. The zero-order chi connectivity index (χ0) is 13.0. The van der Waals surface area contributed by atoms with E-state index in [0.29, 0.717) is 11.4 Å².